The van der Waals surface area contributed by atoms with Gasteiger partial charge in [-0.3, -0.25) is 9.59 Å². The first-order valence-electron chi connectivity index (χ1n) is 15.7. The molecule has 1 N–H and O–H groups in total. The number of carbonyl (C=O) groups excluding carboxylic acids is 3. The number of aliphatic hydroxyl groups excluding tert-OH is 1. The summed E-state index contributed by atoms with van der Waals surface area (Å²) in [5.41, 5.74) is -0.0870. The lowest BCUT2D eigenvalue weighted by atomic mass is 9.43. The Bertz CT molecular complexity index is 1200. The second-order valence-electron chi connectivity index (χ2n) is 15.4. The zero-order valence-corrected chi connectivity index (χ0v) is 25.0. The van der Waals surface area contributed by atoms with Crippen molar-refractivity contribution in [3.63, 3.8) is 0 Å². The average Bonchev–Trinajstić information content (AvgIpc) is 3.68. The molecule has 0 aromatic carbocycles. The third kappa shape index (κ3) is 3.26. The number of esters is 1. The minimum Gasteiger partial charge on any atom is -0.458 e. The molecular weight excluding hydrogens is 508 g/mol. The Labute approximate surface area is 237 Å². The zero-order chi connectivity index (χ0) is 28.6. The molecule has 0 aromatic rings. The van der Waals surface area contributed by atoms with Gasteiger partial charge in [-0.15, -0.1) is 0 Å². The summed E-state index contributed by atoms with van der Waals surface area (Å²) in [7, 11) is 0. The van der Waals surface area contributed by atoms with Gasteiger partial charge in [0, 0.05) is 12.8 Å². The third-order valence-electron chi connectivity index (χ3n) is 13.7. The Balaban J connectivity index is 1.13. The smallest absolute Gasteiger partial charge is 0.336 e. The summed E-state index contributed by atoms with van der Waals surface area (Å²) >= 11 is 0. The van der Waals surface area contributed by atoms with E-state index in [1.807, 2.05) is 20.8 Å². The SMILES string of the molecule is CC1=C(CO)C(=O)OC([C@@H](C)C2CCC3C4C[C@H]5O[C@]56[C@@H](OC5C(=O)C5(C)C)CCC(=O)[C@]6(C)C4CC[C@@]32C)C1. The molecule has 2 aliphatic heterocycles. The summed E-state index contributed by atoms with van der Waals surface area (Å²) in [5, 5.41) is 9.60. The Morgan fingerprint density at radius 3 is 2.42 bits per heavy atom. The number of fused-ring (bicyclic) bond motifs is 4. The van der Waals surface area contributed by atoms with Gasteiger partial charge in [0.15, 0.2) is 5.78 Å². The van der Waals surface area contributed by atoms with Gasteiger partial charge in [-0.05, 0) is 101 Å². The van der Waals surface area contributed by atoms with E-state index >= 15 is 0 Å². The molecule has 6 fully saturated rings. The molecule has 7 nitrogen and oxygen atoms in total. The van der Waals surface area contributed by atoms with Crippen molar-refractivity contribution >= 4 is 17.5 Å². The number of ether oxygens (including phenoxy) is 3. The molecule has 2 heterocycles. The third-order valence-corrected chi connectivity index (χ3v) is 13.7. The number of hydrogen-bond donors (Lipinski definition) is 1. The number of cyclic esters (lactones) is 1. The summed E-state index contributed by atoms with van der Waals surface area (Å²) in [6, 6.07) is 0. The van der Waals surface area contributed by atoms with Gasteiger partial charge in [-0.2, -0.15) is 0 Å². The second-order valence-corrected chi connectivity index (χ2v) is 15.4. The Kier molecular flexibility index (Phi) is 5.80. The van der Waals surface area contributed by atoms with Crippen LogP contribution in [0.15, 0.2) is 11.1 Å². The van der Waals surface area contributed by atoms with Crippen molar-refractivity contribution in [2.75, 3.05) is 6.61 Å². The molecule has 1 spiro atoms. The van der Waals surface area contributed by atoms with Crippen LogP contribution in [0.4, 0.5) is 0 Å². The van der Waals surface area contributed by atoms with Gasteiger partial charge < -0.3 is 19.3 Å². The largest absolute Gasteiger partial charge is 0.458 e. The van der Waals surface area contributed by atoms with Crippen LogP contribution in [-0.4, -0.2) is 59.3 Å². The molecule has 5 aliphatic carbocycles. The molecule has 7 heteroatoms. The van der Waals surface area contributed by atoms with Crippen LogP contribution in [0.25, 0.3) is 0 Å². The van der Waals surface area contributed by atoms with Crippen molar-refractivity contribution < 1.29 is 33.7 Å². The van der Waals surface area contributed by atoms with E-state index in [2.05, 4.69) is 20.8 Å². The summed E-state index contributed by atoms with van der Waals surface area (Å²) in [4.78, 5) is 38.9. The molecular formula is C33H46O7. The maximum absolute atomic E-state index is 13.9. The van der Waals surface area contributed by atoms with Crippen LogP contribution < -0.4 is 0 Å². The fourth-order valence-electron chi connectivity index (χ4n) is 11.1. The number of epoxide rings is 1. The van der Waals surface area contributed by atoms with Gasteiger partial charge in [0.05, 0.1) is 35.2 Å². The molecule has 0 radical (unpaired) electrons. The second kappa shape index (κ2) is 8.50. The number of carbonyl (C=O) groups is 3. The predicted octanol–water partition coefficient (Wildman–Crippen LogP) is 4.58. The van der Waals surface area contributed by atoms with E-state index in [9.17, 15) is 19.5 Å². The first kappa shape index (κ1) is 27.3. The predicted molar refractivity (Wildman–Crippen MR) is 146 cm³/mol. The quantitative estimate of drug-likeness (QED) is 0.392. The fourth-order valence-corrected chi connectivity index (χ4v) is 11.1. The maximum Gasteiger partial charge on any atom is 0.336 e. The Morgan fingerprint density at radius 2 is 1.77 bits per heavy atom. The van der Waals surface area contributed by atoms with Gasteiger partial charge in [0.25, 0.3) is 0 Å². The number of ketones is 2. The molecule has 0 bridgehead atoms. The van der Waals surface area contributed by atoms with Crippen molar-refractivity contribution in [3.05, 3.63) is 11.1 Å². The van der Waals surface area contributed by atoms with Crippen LogP contribution in [0.3, 0.4) is 0 Å². The van der Waals surface area contributed by atoms with Gasteiger partial charge in [0.2, 0.25) is 0 Å². The van der Waals surface area contributed by atoms with E-state index in [1.165, 1.54) is 0 Å². The molecule has 220 valence electrons. The van der Waals surface area contributed by atoms with Crippen molar-refractivity contribution in [1.29, 1.82) is 0 Å². The van der Waals surface area contributed by atoms with Crippen LogP contribution in [0.2, 0.25) is 0 Å². The van der Waals surface area contributed by atoms with Crippen LogP contribution in [0, 0.1) is 45.8 Å². The highest BCUT2D eigenvalue weighted by molar-refractivity contribution is 6.05. The highest BCUT2D eigenvalue weighted by atomic mass is 16.6. The number of Topliss-reactive ketones (excluding diaryl/α,β-unsaturated/α-hetero) is 2. The zero-order valence-electron chi connectivity index (χ0n) is 25.0. The monoisotopic (exact) mass is 554 g/mol. The van der Waals surface area contributed by atoms with Gasteiger partial charge in [0.1, 0.15) is 23.6 Å². The summed E-state index contributed by atoms with van der Waals surface area (Å²) < 4.78 is 19.0. The summed E-state index contributed by atoms with van der Waals surface area (Å²) in [5.74, 6) is 2.01. The lowest BCUT2D eigenvalue weighted by Gasteiger charge is -2.59. The van der Waals surface area contributed by atoms with Gasteiger partial charge in [-0.25, -0.2) is 4.79 Å². The topological polar surface area (TPSA) is 102 Å². The van der Waals surface area contributed by atoms with Crippen LogP contribution in [0.1, 0.15) is 92.9 Å². The lowest BCUT2D eigenvalue weighted by molar-refractivity contribution is -0.174. The first-order chi connectivity index (χ1) is 18.8. The number of aliphatic hydroxyl groups is 1. The minimum atomic E-state index is -0.577. The average molecular weight is 555 g/mol. The molecule has 0 aromatic heterocycles. The van der Waals surface area contributed by atoms with E-state index in [0.29, 0.717) is 48.4 Å². The molecule has 0 amide bonds. The molecule has 6 unspecified atom stereocenters. The van der Waals surface area contributed by atoms with E-state index in [4.69, 9.17) is 14.2 Å². The van der Waals surface area contributed by atoms with E-state index in [1.54, 1.807) is 0 Å². The summed E-state index contributed by atoms with van der Waals surface area (Å²) in [6.45, 7) is 12.5. The standard InChI is InChI=1S/C33H46O7/c1-16-13-23(38-29(37)19(16)15-34)17(2)20-7-8-21-18-14-26-33(40-26)25(39-28-27(36)30(28,3)4)10-9-24(35)32(33,6)22(18)11-12-31(20,21)5/h17-18,20-23,25-26,28,34H,7-15H2,1-6H3/t17-,18?,20?,21?,22?,23?,25-,26+,28?,31+,32-,33+/m0/s1. The Morgan fingerprint density at radius 1 is 1.05 bits per heavy atom. The van der Waals surface area contributed by atoms with Crippen LogP contribution >= 0.6 is 0 Å². The normalized spacial score (nSPS) is 51.3. The number of rotatable bonds is 5. The van der Waals surface area contributed by atoms with Crippen LogP contribution in [-0.2, 0) is 28.6 Å². The number of hydrogen-bond acceptors (Lipinski definition) is 7. The molecule has 5 saturated carbocycles. The van der Waals surface area contributed by atoms with Crippen molar-refractivity contribution in [2.24, 2.45) is 45.8 Å². The van der Waals surface area contributed by atoms with Crippen LogP contribution in [0.5, 0.6) is 0 Å². The highest BCUT2D eigenvalue weighted by Crippen LogP contribution is 2.74. The van der Waals surface area contributed by atoms with Gasteiger partial charge in [-0.1, -0.05) is 19.4 Å². The molecule has 12 atom stereocenters. The van der Waals surface area contributed by atoms with Crippen molar-refractivity contribution in [2.45, 2.75) is 123 Å². The maximum atomic E-state index is 13.9. The fraction of sp³-hybridized carbons (Fsp3) is 0.848. The molecule has 7 rings (SSSR count). The van der Waals surface area contributed by atoms with E-state index in [0.717, 1.165) is 37.7 Å². The lowest BCUT2D eigenvalue weighted by Crippen LogP contribution is -2.65. The highest BCUT2D eigenvalue weighted by Gasteiger charge is 2.82. The molecule has 40 heavy (non-hydrogen) atoms. The summed E-state index contributed by atoms with van der Waals surface area (Å²) in [6.07, 6.45) is 6.42. The van der Waals surface area contributed by atoms with E-state index in [-0.39, 0.29) is 60.0 Å². The minimum absolute atomic E-state index is 0.0211. The molecule has 7 aliphatic rings. The van der Waals surface area contributed by atoms with Crippen molar-refractivity contribution in [1.82, 2.24) is 0 Å². The van der Waals surface area contributed by atoms with E-state index < -0.39 is 16.4 Å². The Hall–Kier alpha value is -1.57. The van der Waals surface area contributed by atoms with Gasteiger partial charge >= 0.3 is 5.97 Å². The molecule has 1 saturated heterocycles. The first-order valence-corrected chi connectivity index (χ1v) is 15.7. The van der Waals surface area contributed by atoms with Crippen molar-refractivity contribution in [3.8, 4) is 0 Å².